The van der Waals surface area contributed by atoms with Crippen LogP contribution in [0.25, 0.3) is 0 Å². The molecular weight excluding hydrogens is 330 g/mol. The van der Waals surface area contributed by atoms with Gasteiger partial charge >= 0.3 is 0 Å². The SMILES string of the molecule is CC1(C)CC(NC(=O)C2CCC(=O)NC2)c2cc(N)ccc2O1.Cl. The summed E-state index contributed by atoms with van der Waals surface area (Å²) in [5.74, 6) is 0.571. The number of carbonyl (C=O) groups excluding carboxylic acids is 2. The fourth-order valence-corrected chi connectivity index (χ4v) is 3.25. The molecule has 3 rings (SSSR count). The normalized spacial score (nSPS) is 24.7. The molecule has 2 amide bonds. The number of halogens is 1. The van der Waals surface area contributed by atoms with Gasteiger partial charge in [0.2, 0.25) is 11.8 Å². The van der Waals surface area contributed by atoms with Crippen LogP contribution in [0.15, 0.2) is 18.2 Å². The first kappa shape index (κ1) is 18.4. The highest BCUT2D eigenvalue weighted by Crippen LogP contribution is 2.40. The Hall–Kier alpha value is -1.95. The van der Waals surface area contributed by atoms with Crippen LogP contribution in [0.3, 0.4) is 0 Å². The number of nitrogen functional groups attached to an aromatic ring is 1. The summed E-state index contributed by atoms with van der Waals surface area (Å²) in [6, 6.07) is 5.38. The van der Waals surface area contributed by atoms with Gasteiger partial charge in [-0.05, 0) is 38.5 Å². The Balaban J connectivity index is 0.00000208. The molecular formula is C17H24ClN3O3. The third-order valence-corrected chi connectivity index (χ3v) is 4.44. The largest absolute Gasteiger partial charge is 0.487 e. The van der Waals surface area contributed by atoms with Crippen LogP contribution in [0.5, 0.6) is 5.75 Å². The van der Waals surface area contributed by atoms with E-state index < -0.39 is 0 Å². The van der Waals surface area contributed by atoms with Crippen LogP contribution in [0.1, 0.15) is 44.7 Å². The van der Waals surface area contributed by atoms with Crippen LogP contribution in [0, 0.1) is 5.92 Å². The molecule has 6 nitrogen and oxygen atoms in total. The molecule has 0 aromatic heterocycles. The first-order chi connectivity index (χ1) is 10.8. The van der Waals surface area contributed by atoms with Gasteiger partial charge in [0.25, 0.3) is 0 Å². The summed E-state index contributed by atoms with van der Waals surface area (Å²) >= 11 is 0. The van der Waals surface area contributed by atoms with E-state index in [1.807, 2.05) is 26.0 Å². The molecule has 2 aliphatic heterocycles. The second-order valence-electron chi connectivity index (χ2n) is 6.96. The molecule has 0 saturated carbocycles. The van der Waals surface area contributed by atoms with E-state index in [9.17, 15) is 9.59 Å². The van der Waals surface area contributed by atoms with Gasteiger partial charge in [0.1, 0.15) is 11.4 Å². The minimum Gasteiger partial charge on any atom is -0.487 e. The molecule has 24 heavy (non-hydrogen) atoms. The Labute approximate surface area is 147 Å². The number of nitrogens with two attached hydrogens (primary N) is 1. The van der Waals surface area contributed by atoms with E-state index in [0.717, 1.165) is 11.3 Å². The summed E-state index contributed by atoms with van der Waals surface area (Å²) < 4.78 is 5.98. The number of piperidine rings is 1. The molecule has 7 heteroatoms. The number of hydrogen-bond acceptors (Lipinski definition) is 4. The Morgan fingerprint density at radius 1 is 1.42 bits per heavy atom. The summed E-state index contributed by atoms with van der Waals surface area (Å²) in [5, 5.41) is 5.87. The van der Waals surface area contributed by atoms with E-state index in [1.165, 1.54) is 0 Å². The molecule has 0 radical (unpaired) electrons. The van der Waals surface area contributed by atoms with Crippen molar-refractivity contribution < 1.29 is 14.3 Å². The third-order valence-electron chi connectivity index (χ3n) is 4.44. The molecule has 2 aliphatic rings. The van der Waals surface area contributed by atoms with Gasteiger partial charge in [-0.25, -0.2) is 0 Å². The maximum atomic E-state index is 12.5. The minimum atomic E-state index is -0.359. The standard InChI is InChI=1S/C17H23N3O3.ClH/c1-17(2)8-13(12-7-11(18)4-5-14(12)23-17)20-16(22)10-3-6-15(21)19-9-10;/h4-5,7,10,13H,3,6,8-9,18H2,1-2H3,(H,19,21)(H,20,22);1H. The van der Waals surface area contributed by atoms with E-state index in [4.69, 9.17) is 10.5 Å². The average Bonchev–Trinajstić information content (AvgIpc) is 2.48. The molecule has 0 bridgehead atoms. The molecule has 0 spiro atoms. The summed E-state index contributed by atoms with van der Waals surface area (Å²) in [4.78, 5) is 23.8. The van der Waals surface area contributed by atoms with Crippen LogP contribution in [-0.4, -0.2) is 24.0 Å². The Bertz CT molecular complexity index is 638. The first-order valence-corrected chi connectivity index (χ1v) is 7.99. The molecule has 1 fully saturated rings. The number of hydrogen-bond donors (Lipinski definition) is 3. The summed E-state index contributed by atoms with van der Waals surface area (Å²) in [7, 11) is 0. The van der Waals surface area contributed by atoms with Gasteiger partial charge in [-0.3, -0.25) is 9.59 Å². The van der Waals surface area contributed by atoms with Crippen LogP contribution in [-0.2, 0) is 9.59 Å². The number of benzene rings is 1. The molecule has 2 atom stereocenters. The maximum absolute atomic E-state index is 12.5. The number of anilines is 1. The third kappa shape index (κ3) is 3.93. The topological polar surface area (TPSA) is 93.5 Å². The predicted octanol–water partition coefficient (Wildman–Crippen LogP) is 1.94. The van der Waals surface area contributed by atoms with Crippen molar-refractivity contribution in [3.63, 3.8) is 0 Å². The fourth-order valence-electron chi connectivity index (χ4n) is 3.25. The smallest absolute Gasteiger partial charge is 0.225 e. The molecule has 1 aromatic rings. The van der Waals surface area contributed by atoms with E-state index in [-0.39, 0.29) is 41.8 Å². The highest BCUT2D eigenvalue weighted by Gasteiger charge is 2.36. The van der Waals surface area contributed by atoms with Crippen molar-refractivity contribution in [3.05, 3.63) is 23.8 Å². The average molecular weight is 354 g/mol. The van der Waals surface area contributed by atoms with E-state index in [2.05, 4.69) is 10.6 Å². The van der Waals surface area contributed by atoms with Gasteiger partial charge in [0.15, 0.2) is 0 Å². The van der Waals surface area contributed by atoms with Gasteiger partial charge < -0.3 is 21.1 Å². The number of carbonyl (C=O) groups is 2. The molecule has 0 aliphatic carbocycles. The zero-order valence-corrected chi connectivity index (χ0v) is 14.7. The van der Waals surface area contributed by atoms with Crippen molar-refractivity contribution in [2.24, 2.45) is 5.92 Å². The number of rotatable bonds is 2. The Kier molecular flexibility index (Phi) is 5.28. The monoisotopic (exact) mass is 353 g/mol. The Morgan fingerprint density at radius 2 is 2.17 bits per heavy atom. The number of ether oxygens (including phenoxy) is 1. The van der Waals surface area contributed by atoms with Crippen LogP contribution in [0.4, 0.5) is 5.69 Å². The van der Waals surface area contributed by atoms with Gasteiger partial charge in [0.05, 0.1) is 12.0 Å². The fraction of sp³-hybridized carbons (Fsp3) is 0.529. The summed E-state index contributed by atoms with van der Waals surface area (Å²) in [6.07, 6.45) is 1.67. The van der Waals surface area contributed by atoms with Crippen LogP contribution >= 0.6 is 12.4 Å². The van der Waals surface area contributed by atoms with Crippen molar-refractivity contribution in [2.45, 2.75) is 44.8 Å². The zero-order valence-electron chi connectivity index (χ0n) is 13.9. The lowest BCUT2D eigenvalue weighted by Gasteiger charge is -2.38. The second-order valence-corrected chi connectivity index (χ2v) is 6.96. The molecule has 2 unspecified atom stereocenters. The van der Waals surface area contributed by atoms with E-state index >= 15 is 0 Å². The Morgan fingerprint density at radius 3 is 2.83 bits per heavy atom. The summed E-state index contributed by atoms with van der Waals surface area (Å²) in [5.41, 5.74) is 7.09. The van der Waals surface area contributed by atoms with Gasteiger partial charge in [-0.15, -0.1) is 12.4 Å². The number of fused-ring (bicyclic) bond motifs is 1. The first-order valence-electron chi connectivity index (χ1n) is 7.99. The lowest BCUT2D eigenvalue weighted by Crippen LogP contribution is -2.46. The zero-order chi connectivity index (χ0) is 16.6. The minimum absolute atomic E-state index is 0. The van der Waals surface area contributed by atoms with E-state index in [0.29, 0.717) is 31.5 Å². The maximum Gasteiger partial charge on any atom is 0.225 e. The van der Waals surface area contributed by atoms with Crippen molar-refractivity contribution in [2.75, 3.05) is 12.3 Å². The lowest BCUT2D eigenvalue weighted by molar-refractivity contribution is -0.129. The van der Waals surface area contributed by atoms with Crippen LogP contribution in [0.2, 0.25) is 0 Å². The van der Waals surface area contributed by atoms with Crippen molar-refractivity contribution in [3.8, 4) is 5.75 Å². The highest BCUT2D eigenvalue weighted by molar-refractivity contribution is 5.85. The van der Waals surface area contributed by atoms with Gasteiger partial charge in [-0.1, -0.05) is 0 Å². The van der Waals surface area contributed by atoms with Crippen molar-refractivity contribution in [1.82, 2.24) is 10.6 Å². The number of amides is 2. The van der Waals surface area contributed by atoms with Gasteiger partial charge in [0, 0.05) is 30.6 Å². The van der Waals surface area contributed by atoms with Crippen molar-refractivity contribution >= 4 is 29.9 Å². The van der Waals surface area contributed by atoms with Gasteiger partial charge in [-0.2, -0.15) is 0 Å². The number of nitrogens with one attached hydrogen (secondary N) is 2. The molecule has 1 aromatic carbocycles. The second kappa shape index (κ2) is 6.89. The van der Waals surface area contributed by atoms with E-state index in [1.54, 1.807) is 6.07 Å². The summed E-state index contributed by atoms with van der Waals surface area (Å²) in [6.45, 7) is 4.42. The van der Waals surface area contributed by atoms with Crippen LogP contribution < -0.4 is 21.1 Å². The quantitative estimate of drug-likeness (QED) is 0.708. The molecule has 4 N–H and O–H groups in total. The highest BCUT2D eigenvalue weighted by atomic mass is 35.5. The predicted molar refractivity (Wildman–Crippen MR) is 94.0 cm³/mol. The molecule has 1 saturated heterocycles. The lowest BCUT2D eigenvalue weighted by atomic mass is 9.88. The van der Waals surface area contributed by atoms with Crippen molar-refractivity contribution in [1.29, 1.82) is 0 Å². The molecule has 2 heterocycles. The molecule has 132 valence electrons.